The minimum Gasteiger partial charge on any atom is -0.465 e. The smallest absolute Gasteiger partial charge is 0.340 e. The summed E-state index contributed by atoms with van der Waals surface area (Å²) < 4.78 is 25.5. The molecule has 1 saturated heterocycles. The summed E-state index contributed by atoms with van der Waals surface area (Å²) in [6.07, 6.45) is 9.88. The number of ether oxygens (including phenoxy) is 4. The first-order valence-electron chi connectivity index (χ1n) is 17.0. The van der Waals surface area contributed by atoms with Crippen LogP contribution in [0.2, 0.25) is 0 Å². The number of benzene rings is 1. The molecule has 256 valence electrons. The number of carbonyl (C=O) groups is 3. The lowest BCUT2D eigenvalue weighted by molar-refractivity contribution is -0.152. The van der Waals surface area contributed by atoms with E-state index in [0.29, 0.717) is 30.4 Å². The van der Waals surface area contributed by atoms with Gasteiger partial charge in [-0.1, -0.05) is 47.1 Å². The molecule has 0 amide bonds. The molecule has 6 rings (SSSR count). The molecule has 2 aliphatic carbocycles. The van der Waals surface area contributed by atoms with Gasteiger partial charge in [0.1, 0.15) is 18.8 Å². The number of hydrogen-bond acceptors (Lipinski definition) is 9. The molecule has 9 heteroatoms. The van der Waals surface area contributed by atoms with Crippen LogP contribution in [-0.2, 0) is 30.2 Å². The Bertz CT molecular complexity index is 1720. The Morgan fingerprint density at radius 3 is 2.20 bits per heavy atom. The van der Waals surface area contributed by atoms with Crippen molar-refractivity contribution in [1.82, 2.24) is 9.97 Å². The fraction of sp³-hybridized carbons (Fsp3) is 0.425. The first kappa shape index (κ1) is 34.2. The molecule has 1 aliphatic heterocycles. The van der Waals surface area contributed by atoms with Crippen LogP contribution in [0.5, 0.6) is 0 Å². The van der Waals surface area contributed by atoms with Crippen LogP contribution in [0.25, 0.3) is 0 Å². The summed E-state index contributed by atoms with van der Waals surface area (Å²) in [5.74, 6) is -1.88. The number of aromatic nitrogens is 2. The minimum absolute atomic E-state index is 0.0143. The van der Waals surface area contributed by atoms with E-state index in [1.165, 1.54) is 12.4 Å². The van der Waals surface area contributed by atoms with Crippen LogP contribution in [0.1, 0.15) is 86.1 Å². The number of epoxide rings is 1. The number of rotatable bonds is 8. The average Bonchev–Trinajstić information content (AvgIpc) is 3.57. The molecule has 0 bridgehead atoms. The average molecular weight is 665 g/mol. The first-order chi connectivity index (χ1) is 23.6. The summed E-state index contributed by atoms with van der Waals surface area (Å²) >= 11 is 0. The molecule has 1 aromatic carbocycles. The third-order valence-corrected chi connectivity index (χ3v) is 10.3. The van der Waals surface area contributed by atoms with E-state index in [0.717, 1.165) is 35.1 Å². The fourth-order valence-corrected chi connectivity index (χ4v) is 7.61. The maximum atomic E-state index is 13.8. The van der Waals surface area contributed by atoms with Gasteiger partial charge in [0.25, 0.3) is 0 Å². The number of fused-ring (bicyclic) bond motifs is 2. The minimum atomic E-state index is -0.969. The summed E-state index contributed by atoms with van der Waals surface area (Å²) in [4.78, 5) is 49.3. The Morgan fingerprint density at radius 2 is 1.57 bits per heavy atom. The van der Waals surface area contributed by atoms with E-state index >= 15 is 0 Å². The molecule has 49 heavy (non-hydrogen) atoms. The highest BCUT2D eigenvalue weighted by molar-refractivity contribution is 5.89. The molecule has 0 radical (unpaired) electrons. The molecule has 3 heterocycles. The van der Waals surface area contributed by atoms with Crippen molar-refractivity contribution in [3.8, 4) is 0 Å². The zero-order chi connectivity index (χ0) is 34.6. The van der Waals surface area contributed by atoms with E-state index in [-0.39, 0.29) is 19.1 Å². The van der Waals surface area contributed by atoms with E-state index in [1.54, 1.807) is 36.7 Å². The number of esters is 3. The van der Waals surface area contributed by atoms with Crippen LogP contribution < -0.4 is 0 Å². The highest BCUT2D eigenvalue weighted by Crippen LogP contribution is 2.57. The monoisotopic (exact) mass is 664 g/mol. The lowest BCUT2D eigenvalue weighted by Crippen LogP contribution is -2.50. The Balaban J connectivity index is 1.46. The van der Waals surface area contributed by atoms with Gasteiger partial charge in [-0.3, -0.25) is 14.8 Å². The Morgan fingerprint density at radius 1 is 0.898 bits per heavy atom. The van der Waals surface area contributed by atoms with Crippen molar-refractivity contribution in [2.45, 2.75) is 90.1 Å². The topological polar surface area (TPSA) is 117 Å². The van der Waals surface area contributed by atoms with E-state index in [1.807, 2.05) is 57.2 Å². The Kier molecular flexibility index (Phi) is 10.1. The largest absolute Gasteiger partial charge is 0.465 e. The molecule has 3 aromatic rings. The number of allylic oxidation sites excluding steroid dienone is 2. The molecule has 6 atom stereocenters. The summed E-state index contributed by atoms with van der Waals surface area (Å²) in [5, 5.41) is 0. The maximum absolute atomic E-state index is 13.8. The van der Waals surface area contributed by atoms with Gasteiger partial charge < -0.3 is 18.9 Å². The Labute approximate surface area is 287 Å². The van der Waals surface area contributed by atoms with Gasteiger partial charge in [0.15, 0.2) is 0 Å². The molecule has 2 aromatic heterocycles. The van der Waals surface area contributed by atoms with E-state index in [2.05, 4.69) is 16.9 Å². The number of pyridine rings is 2. The second-order valence-electron chi connectivity index (χ2n) is 14.0. The maximum Gasteiger partial charge on any atom is 0.340 e. The van der Waals surface area contributed by atoms with Crippen LogP contribution in [-0.4, -0.2) is 58.4 Å². The predicted octanol–water partition coefficient (Wildman–Crippen LogP) is 7.03. The second-order valence-corrected chi connectivity index (χ2v) is 14.0. The van der Waals surface area contributed by atoms with Crippen molar-refractivity contribution in [3.05, 3.63) is 119 Å². The summed E-state index contributed by atoms with van der Waals surface area (Å²) in [6, 6.07) is 16.2. The van der Waals surface area contributed by atoms with Crippen molar-refractivity contribution in [3.63, 3.8) is 0 Å². The SMILES string of the molecule is CC1=CC(OC(=O)c2cccnc2)C2(COC(=O)Cc3ccccc3)CCC(=C(C)C)C2C(OC(=O)c2cccnc2)CC2(C)OC2CC1. The lowest BCUT2D eigenvalue weighted by Gasteiger charge is -2.43. The third-order valence-electron chi connectivity index (χ3n) is 10.3. The molecule has 2 fully saturated rings. The number of carbonyl (C=O) groups excluding carboxylic acids is 3. The highest BCUT2D eigenvalue weighted by Gasteiger charge is 2.61. The van der Waals surface area contributed by atoms with E-state index in [4.69, 9.17) is 18.9 Å². The van der Waals surface area contributed by atoms with E-state index in [9.17, 15) is 14.4 Å². The fourth-order valence-electron chi connectivity index (χ4n) is 7.61. The van der Waals surface area contributed by atoms with Gasteiger partial charge in [-0.2, -0.15) is 0 Å². The molecular weight excluding hydrogens is 620 g/mol. The second kappa shape index (κ2) is 14.5. The van der Waals surface area contributed by atoms with Gasteiger partial charge in [0, 0.05) is 37.1 Å². The molecule has 0 N–H and O–H groups in total. The van der Waals surface area contributed by atoms with Gasteiger partial charge in [0.2, 0.25) is 0 Å². The Hall–Kier alpha value is -4.63. The molecule has 3 aliphatic rings. The van der Waals surface area contributed by atoms with Gasteiger partial charge in [-0.15, -0.1) is 0 Å². The van der Waals surface area contributed by atoms with Crippen LogP contribution in [0, 0.1) is 11.3 Å². The third kappa shape index (κ3) is 7.67. The van der Waals surface area contributed by atoms with Gasteiger partial charge in [-0.05, 0) is 89.3 Å². The highest BCUT2D eigenvalue weighted by atomic mass is 16.6. The molecule has 9 nitrogen and oxygen atoms in total. The van der Waals surface area contributed by atoms with Crippen molar-refractivity contribution in [2.75, 3.05) is 6.61 Å². The van der Waals surface area contributed by atoms with Gasteiger partial charge >= 0.3 is 17.9 Å². The number of nitrogens with zero attached hydrogens (tertiary/aromatic N) is 2. The normalized spacial score (nSPS) is 27.8. The van der Waals surface area contributed by atoms with Crippen molar-refractivity contribution in [2.24, 2.45) is 11.3 Å². The van der Waals surface area contributed by atoms with Crippen molar-refractivity contribution >= 4 is 17.9 Å². The lowest BCUT2D eigenvalue weighted by atomic mass is 9.68. The zero-order valence-electron chi connectivity index (χ0n) is 28.6. The first-order valence-corrected chi connectivity index (χ1v) is 17.0. The van der Waals surface area contributed by atoms with E-state index < -0.39 is 47.0 Å². The molecule has 0 spiro atoms. The van der Waals surface area contributed by atoms with Gasteiger partial charge in [-0.25, -0.2) is 9.59 Å². The molecular formula is C40H44N2O7. The van der Waals surface area contributed by atoms with Crippen LogP contribution >= 0.6 is 0 Å². The zero-order valence-corrected chi connectivity index (χ0v) is 28.6. The number of hydrogen-bond donors (Lipinski definition) is 0. The standard InChI is InChI=1S/C40H44N2O7/c1-26(2)31-16-17-40(25-46-35(43)21-28-10-6-5-7-11-28)34(48-38(45)30-13-9-19-42-24-30)20-27(3)14-15-33-39(4,49-33)22-32(36(31)40)47-37(44)29-12-8-18-41-23-29/h5-13,18-20,23-24,32-34,36H,14-17,21-22,25H2,1-4H3. The van der Waals surface area contributed by atoms with Crippen molar-refractivity contribution in [1.29, 1.82) is 0 Å². The summed E-state index contributed by atoms with van der Waals surface area (Å²) in [5.41, 5.74) is 3.21. The van der Waals surface area contributed by atoms with Gasteiger partial charge in [0.05, 0.1) is 34.7 Å². The van der Waals surface area contributed by atoms with Crippen LogP contribution in [0.4, 0.5) is 0 Å². The van der Waals surface area contributed by atoms with Crippen molar-refractivity contribution < 1.29 is 33.3 Å². The molecule has 6 unspecified atom stereocenters. The molecule has 1 saturated carbocycles. The van der Waals surface area contributed by atoms with Crippen LogP contribution in [0.3, 0.4) is 0 Å². The quantitative estimate of drug-likeness (QED) is 0.108. The summed E-state index contributed by atoms with van der Waals surface area (Å²) in [7, 11) is 0. The van der Waals surface area contributed by atoms with Crippen LogP contribution in [0.15, 0.2) is 102 Å². The predicted molar refractivity (Wildman–Crippen MR) is 182 cm³/mol. The summed E-state index contributed by atoms with van der Waals surface area (Å²) in [6.45, 7) is 8.15.